The van der Waals surface area contributed by atoms with Gasteiger partial charge >= 0.3 is 0 Å². The molecule has 0 spiro atoms. The molecule has 0 radical (unpaired) electrons. The molecule has 0 fully saturated rings. The molecule has 0 saturated heterocycles. The number of nitrogens with two attached hydrogens (primary N) is 1. The second-order valence-corrected chi connectivity index (χ2v) is 3.64. The van der Waals surface area contributed by atoms with Gasteiger partial charge in [0.05, 0.1) is 0 Å². The van der Waals surface area contributed by atoms with Crippen LogP contribution in [0.3, 0.4) is 0 Å². The van der Waals surface area contributed by atoms with Crippen molar-refractivity contribution in [3.05, 3.63) is 18.2 Å². The van der Waals surface area contributed by atoms with Crippen LogP contribution in [0.1, 0.15) is 6.92 Å². The van der Waals surface area contributed by atoms with Crippen molar-refractivity contribution in [1.29, 1.82) is 0 Å². The third-order valence-electron chi connectivity index (χ3n) is 2.23. The molecule has 0 saturated carbocycles. The van der Waals surface area contributed by atoms with E-state index in [1.165, 1.54) is 0 Å². The largest absolute Gasteiger partial charge is 0.384 e. The molecule has 1 rings (SSSR count). The summed E-state index contributed by atoms with van der Waals surface area (Å²) in [6.45, 7) is 3.02. The summed E-state index contributed by atoms with van der Waals surface area (Å²) < 4.78 is 0. The zero-order chi connectivity index (χ0) is 10.6. The predicted molar refractivity (Wildman–Crippen MR) is 60.3 cm³/mol. The summed E-state index contributed by atoms with van der Waals surface area (Å²) in [5.74, 6) is 1.38. The molecule has 0 aliphatic heterocycles. The van der Waals surface area contributed by atoms with Gasteiger partial charge in [0.2, 0.25) is 0 Å². The van der Waals surface area contributed by atoms with Crippen molar-refractivity contribution in [1.82, 2.24) is 9.88 Å². The molecular weight excluding hydrogens is 176 g/mol. The van der Waals surface area contributed by atoms with Crippen LogP contribution in [0.25, 0.3) is 0 Å². The lowest BCUT2D eigenvalue weighted by atomic mass is 10.3. The van der Waals surface area contributed by atoms with Gasteiger partial charge in [0.15, 0.2) is 0 Å². The maximum absolute atomic E-state index is 5.56. The van der Waals surface area contributed by atoms with E-state index in [1.54, 1.807) is 6.07 Å². The summed E-state index contributed by atoms with van der Waals surface area (Å²) in [6.07, 6.45) is 0. The van der Waals surface area contributed by atoms with Crippen LogP contribution >= 0.6 is 0 Å². The number of hydrogen-bond donors (Lipinski definition) is 2. The van der Waals surface area contributed by atoms with Gasteiger partial charge in [-0.1, -0.05) is 6.07 Å². The minimum atomic E-state index is 0.471. The molecule has 0 amide bonds. The zero-order valence-electron chi connectivity index (χ0n) is 8.99. The predicted octanol–water partition coefficient (Wildman–Crippen LogP) is 1.03. The smallest absolute Gasteiger partial charge is 0.128 e. The number of nitrogens with zero attached hydrogens (tertiary/aromatic N) is 2. The number of pyridine rings is 1. The first-order chi connectivity index (χ1) is 6.59. The molecule has 4 heteroatoms. The SMILES string of the molecule is CC(CNc1cccc(N)n1)N(C)C. The van der Waals surface area contributed by atoms with E-state index >= 15 is 0 Å². The van der Waals surface area contributed by atoms with Crippen LogP contribution < -0.4 is 11.1 Å². The molecule has 0 aliphatic carbocycles. The van der Waals surface area contributed by atoms with Crippen molar-refractivity contribution in [2.45, 2.75) is 13.0 Å². The highest BCUT2D eigenvalue weighted by Crippen LogP contribution is 2.05. The lowest BCUT2D eigenvalue weighted by Crippen LogP contribution is -2.31. The lowest BCUT2D eigenvalue weighted by Gasteiger charge is -2.20. The van der Waals surface area contributed by atoms with Gasteiger partial charge in [-0.2, -0.15) is 0 Å². The van der Waals surface area contributed by atoms with E-state index in [4.69, 9.17) is 5.73 Å². The topological polar surface area (TPSA) is 54.2 Å². The van der Waals surface area contributed by atoms with Gasteiger partial charge in [-0.3, -0.25) is 0 Å². The Morgan fingerprint density at radius 3 is 2.79 bits per heavy atom. The first-order valence-corrected chi connectivity index (χ1v) is 4.72. The van der Waals surface area contributed by atoms with E-state index in [0.29, 0.717) is 11.9 Å². The van der Waals surface area contributed by atoms with Crippen LogP contribution in [-0.4, -0.2) is 36.6 Å². The minimum absolute atomic E-state index is 0.471. The number of anilines is 2. The summed E-state index contributed by atoms with van der Waals surface area (Å²) in [5, 5.41) is 3.23. The zero-order valence-corrected chi connectivity index (χ0v) is 8.99. The number of nitrogen functional groups attached to an aromatic ring is 1. The van der Waals surface area contributed by atoms with E-state index in [9.17, 15) is 0 Å². The van der Waals surface area contributed by atoms with Crippen molar-refractivity contribution in [2.75, 3.05) is 31.7 Å². The molecule has 1 aromatic heterocycles. The average molecular weight is 194 g/mol. The van der Waals surface area contributed by atoms with Crippen LogP contribution in [-0.2, 0) is 0 Å². The molecule has 0 aromatic carbocycles. The number of rotatable bonds is 4. The van der Waals surface area contributed by atoms with Crippen LogP contribution in [0.4, 0.5) is 11.6 Å². The quantitative estimate of drug-likeness (QED) is 0.751. The summed E-state index contributed by atoms with van der Waals surface area (Å²) in [6, 6.07) is 6.06. The van der Waals surface area contributed by atoms with Crippen molar-refractivity contribution < 1.29 is 0 Å². The molecule has 1 unspecified atom stereocenters. The number of likely N-dealkylation sites (N-methyl/N-ethyl adjacent to an activating group) is 1. The van der Waals surface area contributed by atoms with E-state index in [0.717, 1.165) is 12.4 Å². The van der Waals surface area contributed by atoms with Crippen molar-refractivity contribution in [3.8, 4) is 0 Å². The Balaban J connectivity index is 2.45. The molecule has 1 atom stereocenters. The highest BCUT2D eigenvalue weighted by molar-refractivity contribution is 5.42. The molecule has 3 N–H and O–H groups in total. The molecule has 0 aliphatic rings. The summed E-state index contributed by atoms with van der Waals surface area (Å²) >= 11 is 0. The van der Waals surface area contributed by atoms with E-state index in [-0.39, 0.29) is 0 Å². The van der Waals surface area contributed by atoms with Gasteiger partial charge < -0.3 is 16.0 Å². The Morgan fingerprint density at radius 2 is 2.21 bits per heavy atom. The van der Waals surface area contributed by atoms with Crippen LogP contribution in [0.15, 0.2) is 18.2 Å². The Morgan fingerprint density at radius 1 is 1.50 bits per heavy atom. The van der Waals surface area contributed by atoms with Crippen LogP contribution in [0, 0.1) is 0 Å². The summed E-state index contributed by atoms with van der Waals surface area (Å²) in [7, 11) is 4.11. The normalized spacial score (nSPS) is 12.9. The maximum atomic E-state index is 5.56. The highest BCUT2D eigenvalue weighted by Gasteiger charge is 2.03. The first kappa shape index (κ1) is 10.8. The fraction of sp³-hybridized carbons (Fsp3) is 0.500. The Hall–Kier alpha value is -1.29. The second kappa shape index (κ2) is 4.81. The maximum Gasteiger partial charge on any atom is 0.128 e. The molecular formula is C10H18N4. The van der Waals surface area contributed by atoms with Crippen molar-refractivity contribution in [2.24, 2.45) is 0 Å². The lowest BCUT2D eigenvalue weighted by molar-refractivity contribution is 0.326. The fourth-order valence-corrected chi connectivity index (χ4v) is 0.985. The number of aromatic nitrogens is 1. The molecule has 0 bridgehead atoms. The Kier molecular flexibility index (Phi) is 3.71. The van der Waals surface area contributed by atoms with Gasteiger partial charge in [-0.15, -0.1) is 0 Å². The third-order valence-corrected chi connectivity index (χ3v) is 2.23. The monoisotopic (exact) mass is 194 g/mol. The van der Waals surface area contributed by atoms with Gasteiger partial charge in [0.1, 0.15) is 11.6 Å². The molecule has 4 nitrogen and oxygen atoms in total. The van der Waals surface area contributed by atoms with Crippen molar-refractivity contribution in [3.63, 3.8) is 0 Å². The standard InChI is InChI=1S/C10H18N4/c1-8(14(2)3)7-12-10-6-4-5-9(11)13-10/h4-6,8H,7H2,1-3H3,(H3,11,12,13). The van der Waals surface area contributed by atoms with E-state index in [2.05, 4.69) is 36.2 Å². The summed E-state index contributed by atoms with van der Waals surface area (Å²) in [5.41, 5.74) is 5.56. The third kappa shape index (κ3) is 3.22. The Bertz CT molecular complexity index is 285. The van der Waals surface area contributed by atoms with Gasteiger partial charge in [-0.05, 0) is 33.2 Å². The van der Waals surface area contributed by atoms with Gasteiger partial charge in [-0.25, -0.2) is 4.98 Å². The average Bonchev–Trinajstić information content (AvgIpc) is 2.14. The van der Waals surface area contributed by atoms with E-state index < -0.39 is 0 Å². The number of nitrogens with one attached hydrogen (secondary N) is 1. The summed E-state index contributed by atoms with van der Waals surface area (Å²) in [4.78, 5) is 6.30. The molecule has 1 heterocycles. The van der Waals surface area contributed by atoms with Crippen LogP contribution in [0.2, 0.25) is 0 Å². The number of hydrogen-bond acceptors (Lipinski definition) is 4. The van der Waals surface area contributed by atoms with Gasteiger partial charge in [0, 0.05) is 12.6 Å². The first-order valence-electron chi connectivity index (χ1n) is 4.72. The highest BCUT2D eigenvalue weighted by atomic mass is 15.1. The molecule has 1 aromatic rings. The second-order valence-electron chi connectivity index (χ2n) is 3.64. The minimum Gasteiger partial charge on any atom is -0.384 e. The van der Waals surface area contributed by atoms with Crippen molar-refractivity contribution >= 4 is 11.6 Å². The molecule has 78 valence electrons. The van der Waals surface area contributed by atoms with Crippen LogP contribution in [0.5, 0.6) is 0 Å². The van der Waals surface area contributed by atoms with Gasteiger partial charge in [0.25, 0.3) is 0 Å². The van der Waals surface area contributed by atoms with E-state index in [1.807, 2.05) is 12.1 Å². The Labute approximate surface area is 85.1 Å². The fourth-order valence-electron chi connectivity index (χ4n) is 0.985. The molecule has 14 heavy (non-hydrogen) atoms.